The smallest absolute Gasteiger partial charge is 0.137 e. The maximum Gasteiger partial charge on any atom is 0.137 e. The molecule has 0 bridgehead atoms. The van der Waals surface area contributed by atoms with Gasteiger partial charge >= 0.3 is 0 Å². The predicted molar refractivity (Wildman–Crippen MR) is 58.0 cm³/mol. The van der Waals surface area contributed by atoms with Crippen molar-refractivity contribution in [3.63, 3.8) is 0 Å². The lowest BCUT2D eigenvalue weighted by atomic mass is 10.2. The molecule has 0 aliphatic rings. The van der Waals surface area contributed by atoms with E-state index >= 15 is 0 Å². The number of rotatable bonds is 1. The third-order valence-corrected chi connectivity index (χ3v) is 2.03. The Hall–Kier alpha value is -0.610. The lowest BCUT2D eigenvalue weighted by Gasteiger charge is -2.05. The van der Waals surface area contributed by atoms with Crippen molar-refractivity contribution >= 4 is 21.6 Å². The molecule has 74 valence electrons. The van der Waals surface area contributed by atoms with Gasteiger partial charge in [0, 0.05) is 0 Å². The van der Waals surface area contributed by atoms with Crippen LogP contribution in [0.15, 0.2) is 16.6 Å². The standard InChI is InChI=1S/C7H8BrFN2.C2H6/c1-4-2-6(9)5(8)3-7(4)11-10;1-2/h2-3,11H,10H2,1H3;1-2H3. The Kier molecular flexibility index (Phi) is 5.66. The highest BCUT2D eigenvalue weighted by molar-refractivity contribution is 9.10. The second-order valence-corrected chi connectivity index (χ2v) is 3.08. The van der Waals surface area contributed by atoms with Crippen molar-refractivity contribution < 1.29 is 4.39 Å². The third kappa shape index (κ3) is 3.32. The predicted octanol–water partition coefficient (Wildman–Crippen LogP) is 3.21. The minimum atomic E-state index is -0.276. The summed E-state index contributed by atoms with van der Waals surface area (Å²) < 4.78 is 13.2. The molecule has 3 N–H and O–H groups in total. The molecule has 0 aliphatic carbocycles. The van der Waals surface area contributed by atoms with Gasteiger partial charge in [-0.1, -0.05) is 13.8 Å². The number of aryl methyl sites for hydroxylation is 1. The summed E-state index contributed by atoms with van der Waals surface area (Å²) in [6.45, 7) is 5.78. The van der Waals surface area contributed by atoms with Crippen molar-refractivity contribution in [2.75, 3.05) is 5.43 Å². The van der Waals surface area contributed by atoms with Crippen LogP contribution in [0.2, 0.25) is 0 Å². The minimum absolute atomic E-state index is 0.276. The molecule has 0 spiro atoms. The first-order valence-electron chi connectivity index (χ1n) is 4.07. The zero-order valence-corrected chi connectivity index (χ0v) is 9.57. The van der Waals surface area contributed by atoms with Gasteiger partial charge in [-0.05, 0) is 40.5 Å². The van der Waals surface area contributed by atoms with Crippen LogP contribution in [0, 0.1) is 12.7 Å². The van der Waals surface area contributed by atoms with Crippen LogP contribution in [0.4, 0.5) is 10.1 Å². The fourth-order valence-electron chi connectivity index (χ4n) is 0.802. The lowest BCUT2D eigenvalue weighted by Crippen LogP contribution is -2.08. The SMILES string of the molecule is CC.Cc1cc(F)c(Br)cc1NN. The van der Waals surface area contributed by atoms with E-state index < -0.39 is 0 Å². The summed E-state index contributed by atoms with van der Waals surface area (Å²) in [7, 11) is 0. The van der Waals surface area contributed by atoms with Crippen LogP contribution in [0.25, 0.3) is 0 Å². The highest BCUT2D eigenvalue weighted by Crippen LogP contribution is 2.23. The number of nitrogens with one attached hydrogen (secondary N) is 1. The van der Waals surface area contributed by atoms with Crippen LogP contribution < -0.4 is 11.3 Å². The number of anilines is 1. The highest BCUT2D eigenvalue weighted by atomic mass is 79.9. The summed E-state index contributed by atoms with van der Waals surface area (Å²) in [5.41, 5.74) is 3.97. The van der Waals surface area contributed by atoms with Gasteiger partial charge in [-0.25, -0.2) is 4.39 Å². The maximum absolute atomic E-state index is 12.8. The molecule has 0 unspecified atom stereocenters. The maximum atomic E-state index is 12.8. The van der Waals surface area contributed by atoms with Crippen molar-refractivity contribution in [3.05, 3.63) is 28.0 Å². The molecule has 1 aromatic carbocycles. The Balaban J connectivity index is 0.000000671. The van der Waals surface area contributed by atoms with Gasteiger partial charge in [0.05, 0.1) is 10.2 Å². The second-order valence-electron chi connectivity index (χ2n) is 2.23. The van der Waals surface area contributed by atoms with E-state index in [9.17, 15) is 4.39 Å². The Bertz CT molecular complexity index is 277. The van der Waals surface area contributed by atoms with E-state index in [0.29, 0.717) is 4.47 Å². The molecule has 13 heavy (non-hydrogen) atoms. The van der Waals surface area contributed by atoms with Crippen LogP contribution in [-0.4, -0.2) is 0 Å². The Labute approximate surface area is 86.4 Å². The van der Waals surface area contributed by atoms with Gasteiger partial charge in [0.25, 0.3) is 0 Å². The van der Waals surface area contributed by atoms with Crippen LogP contribution in [0.5, 0.6) is 0 Å². The van der Waals surface area contributed by atoms with Gasteiger partial charge in [-0.2, -0.15) is 0 Å². The first-order valence-corrected chi connectivity index (χ1v) is 4.86. The van der Waals surface area contributed by atoms with Gasteiger partial charge in [0.15, 0.2) is 0 Å². The van der Waals surface area contributed by atoms with E-state index in [1.54, 1.807) is 13.0 Å². The monoisotopic (exact) mass is 248 g/mol. The zero-order valence-electron chi connectivity index (χ0n) is 7.99. The summed E-state index contributed by atoms with van der Waals surface area (Å²) in [5.74, 6) is 4.90. The molecule has 0 saturated carbocycles. The van der Waals surface area contributed by atoms with Crippen molar-refractivity contribution in [2.45, 2.75) is 20.8 Å². The molecule has 1 rings (SSSR count). The van der Waals surface area contributed by atoms with E-state index in [-0.39, 0.29) is 5.82 Å². The second kappa shape index (κ2) is 5.94. The van der Waals surface area contributed by atoms with Gasteiger partial charge in [0.2, 0.25) is 0 Å². The number of hydrogen-bond donors (Lipinski definition) is 2. The molecular formula is C9H14BrFN2. The molecule has 4 heteroatoms. The molecule has 0 amide bonds. The minimum Gasteiger partial charge on any atom is -0.324 e. The Morgan fingerprint density at radius 1 is 1.38 bits per heavy atom. The average Bonchev–Trinajstić information content (AvgIpc) is 2.15. The van der Waals surface area contributed by atoms with Crippen LogP contribution >= 0.6 is 15.9 Å². The summed E-state index contributed by atoms with van der Waals surface area (Å²) in [5, 5.41) is 0. The molecule has 2 nitrogen and oxygen atoms in total. The number of hydrazine groups is 1. The van der Waals surface area contributed by atoms with Gasteiger partial charge in [-0.15, -0.1) is 0 Å². The topological polar surface area (TPSA) is 38.0 Å². The van der Waals surface area contributed by atoms with E-state index in [0.717, 1.165) is 11.3 Å². The number of benzene rings is 1. The molecule has 0 saturated heterocycles. The van der Waals surface area contributed by atoms with E-state index in [1.165, 1.54) is 6.07 Å². The fraction of sp³-hybridized carbons (Fsp3) is 0.333. The quantitative estimate of drug-likeness (QED) is 0.592. The molecule has 0 aliphatic heterocycles. The van der Waals surface area contributed by atoms with Crippen molar-refractivity contribution in [3.8, 4) is 0 Å². The molecule has 0 heterocycles. The first-order chi connectivity index (χ1) is 6.15. The number of nitrogens with two attached hydrogens (primary N) is 1. The number of hydrogen-bond acceptors (Lipinski definition) is 2. The highest BCUT2D eigenvalue weighted by Gasteiger charge is 2.02. The molecule has 0 fully saturated rings. The van der Waals surface area contributed by atoms with Gasteiger partial charge < -0.3 is 5.43 Å². The van der Waals surface area contributed by atoms with Crippen LogP contribution in [0.1, 0.15) is 19.4 Å². The first kappa shape index (κ1) is 12.4. The number of halogens is 2. The van der Waals surface area contributed by atoms with E-state index in [4.69, 9.17) is 5.84 Å². The summed E-state index contributed by atoms with van der Waals surface area (Å²) in [6, 6.07) is 3.02. The van der Waals surface area contributed by atoms with Crippen molar-refractivity contribution in [1.29, 1.82) is 0 Å². The van der Waals surface area contributed by atoms with E-state index in [2.05, 4.69) is 21.4 Å². The van der Waals surface area contributed by atoms with Gasteiger partial charge in [-0.3, -0.25) is 5.84 Å². The molecule has 0 aromatic heterocycles. The molecule has 1 aromatic rings. The fourth-order valence-corrected chi connectivity index (χ4v) is 1.15. The molecule has 0 radical (unpaired) electrons. The molecular weight excluding hydrogens is 235 g/mol. The number of nitrogen functional groups attached to an aromatic ring is 1. The Morgan fingerprint density at radius 2 is 1.92 bits per heavy atom. The lowest BCUT2D eigenvalue weighted by molar-refractivity contribution is 0.620. The average molecular weight is 249 g/mol. The summed E-state index contributed by atoms with van der Waals surface area (Å²) >= 11 is 3.05. The Morgan fingerprint density at radius 3 is 2.38 bits per heavy atom. The largest absolute Gasteiger partial charge is 0.324 e. The summed E-state index contributed by atoms with van der Waals surface area (Å²) in [4.78, 5) is 0. The van der Waals surface area contributed by atoms with Crippen molar-refractivity contribution in [2.24, 2.45) is 5.84 Å². The normalized spacial score (nSPS) is 8.77. The van der Waals surface area contributed by atoms with E-state index in [1.807, 2.05) is 13.8 Å². The third-order valence-electron chi connectivity index (χ3n) is 1.42. The van der Waals surface area contributed by atoms with Crippen LogP contribution in [0.3, 0.4) is 0 Å². The van der Waals surface area contributed by atoms with Crippen LogP contribution in [-0.2, 0) is 0 Å². The zero-order chi connectivity index (χ0) is 10.4. The summed E-state index contributed by atoms with van der Waals surface area (Å²) in [6.07, 6.45) is 0. The molecule has 0 atom stereocenters. The van der Waals surface area contributed by atoms with Crippen molar-refractivity contribution in [1.82, 2.24) is 0 Å². The van der Waals surface area contributed by atoms with Gasteiger partial charge in [0.1, 0.15) is 5.82 Å².